The summed E-state index contributed by atoms with van der Waals surface area (Å²) in [4.78, 5) is 25.1. The molecular formula is C19H24BN4O3S. The highest BCUT2D eigenvalue weighted by Crippen LogP contribution is 2.17. The Hall–Kier alpha value is -2.49. The van der Waals surface area contributed by atoms with Crippen molar-refractivity contribution in [2.24, 2.45) is 5.90 Å². The van der Waals surface area contributed by atoms with Crippen LogP contribution >= 0.6 is 11.8 Å². The highest BCUT2D eigenvalue weighted by molar-refractivity contribution is 7.98. The van der Waals surface area contributed by atoms with Gasteiger partial charge in [-0.3, -0.25) is 4.79 Å². The minimum absolute atomic E-state index is 0.158. The molecule has 0 aliphatic heterocycles. The summed E-state index contributed by atoms with van der Waals surface area (Å²) >= 11 is 1.62. The van der Waals surface area contributed by atoms with Gasteiger partial charge in [0.05, 0.1) is 6.54 Å². The molecule has 1 unspecified atom stereocenters. The molecule has 0 saturated heterocycles. The van der Waals surface area contributed by atoms with E-state index in [0.717, 1.165) is 16.9 Å². The standard InChI is InChI=1S/C19H24BN4O3S/c1-28-16-10-8-15(9-11-16)23-19(26)22-13-18(25)24-17(20-27-21)12-7-14-5-3-2-4-6-14/h2-6,8-11,17H,7,12-13,21H2,1H3,(H,24,25)(H2,22,23,26). The molecule has 7 nitrogen and oxygen atoms in total. The van der Waals surface area contributed by atoms with E-state index in [1.54, 1.807) is 23.9 Å². The third kappa shape index (κ3) is 8.04. The van der Waals surface area contributed by atoms with E-state index >= 15 is 0 Å². The molecule has 0 heterocycles. The monoisotopic (exact) mass is 399 g/mol. The van der Waals surface area contributed by atoms with Crippen molar-refractivity contribution in [3.05, 3.63) is 60.2 Å². The predicted molar refractivity (Wildman–Crippen MR) is 113 cm³/mol. The van der Waals surface area contributed by atoms with Crippen molar-refractivity contribution in [2.75, 3.05) is 18.1 Å². The lowest BCUT2D eigenvalue weighted by molar-refractivity contribution is -0.120. The number of anilines is 1. The molecule has 28 heavy (non-hydrogen) atoms. The Bertz CT molecular complexity index is 747. The first-order valence-electron chi connectivity index (χ1n) is 8.81. The summed E-state index contributed by atoms with van der Waals surface area (Å²) in [7, 11) is 1.37. The van der Waals surface area contributed by atoms with Gasteiger partial charge in [-0.2, -0.15) is 0 Å². The van der Waals surface area contributed by atoms with Crippen molar-refractivity contribution in [3.63, 3.8) is 0 Å². The highest BCUT2D eigenvalue weighted by Gasteiger charge is 2.15. The van der Waals surface area contributed by atoms with Crippen molar-refractivity contribution in [2.45, 2.75) is 23.7 Å². The summed E-state index contributed by atoms with van der Waals surface area (Å²) in [5, 5.41) is 7.99. The average Bonchev–Trinajstić information content (AvgIpc) is 2.72. The van der Waals surface area contributed by atoms with Gasteiger partial charge in [0, 0.05) is 16.5 Å². The lowest BCUT2D eigenvalue weighted by atomic mass is 9.83. The van der Waals surface area contributed by atoms with Gasteiger partial charge < -0.3 is 20.7 Å². The van der Waals surface area contributed by atoms with E-state index in [0.29, 0.717) is 12.1 Å². The lowest BCUT2D eigenvalue weighted by Crippen LogP contribution is -2.46. The number of urea groups is 1. The Morgan fingerprint density at radius 1 is 1.14 bits per heavy atom. The maximum absolute atomic E-state index is 12.1. The third-order valence-electron chi connectivity index (χ3n) is 3.93. The SMILES string of the molecule is CSc1ccc(NC(=O)NCC(=O)NC([B]ON)CCc2ccccc2)cc1. The van der Waals surface area contributed by atoms with E-state index in [2.05, 4.69) is 20.7 Å². The first-order chi connectivity index (χ1) is 13.6. The Morgan fingerprint density at radius 2 is 1.86 bits per heavy atom. The molecule has 0 bridgehead atoms. The molecule has 2 aromatic carbocycles. The second-order valence-electron chi connectivity index (χ2n) is 6.01. The summed E-state index contributed by atoms with van der Waals surface area (Å²) in [6, 6.07) is 16.9. The fourth-order valence-electron chi connectivity index (χ4n) is 2.50. The minimum Gasteiger partial charge on any atom is -0.370 e. The quantitative estimate of drug-likeness (QED) is 0.278. The maximum Gasteiger partial charge on any atom is 0.348 e. The maximum atomic E-state index is 12.1. The number of thioether (sulfide) groups is 1. The number of amides is 3. The van der Waals surface area contributed by atoms with Crippen LogP contribution in [0.25, 0.3) is 0 Å². The van der Waals surface area contributed by atoms with Crippen LogP contribution in [0, 0.1) is 0 Å². The van der Waals surface area contributed by atoms with Gasteiger partial charge in [-0.1, -0.05) is 30.3 Å². The molecule has 0 aliphatic rings. The van der Waals surface area contributed by atoms with E-state index in [1.165, 1.54) is 7.48 Å². The number of aryl methyl sites for hydroxylation is 1. The molecule has 3 amide bonds. The van der Waals surface area contributed by atoms with Crippen molar-refractivity contribution >= 4 is 36.9 Å². The molecular weight excluding hydrogens is 375 g/mol. The molecule has 0 aliphatic carbocycles. The first-order valence-corrected chi connectivity index (χ1v) is 10.0. The fraction of sp³-hybridized carbons (Fsp3) is 0.263. The van der Waals surface area contributed by atoms with Crippen LogP contribution < -0.4 is 21.8 Å². The number of carbonyl (C=O) groups excluding carboxylic acids is 2. The molecule has 9 heteroatoms. The molecule has 0 fully saturated rings. The third-order valence-corrected chi connectivity index (χ3v) is 4.68. The number of nitrogens with one attached hydrogen (secondary N) is 3. The van der Waals surface area contributed by atoms with Gasteiger partial charge in [-0.05, 0) is 48.9 Å². The van der Waals surface area contributed by atoms with Crippen LogP contribution in [0.15, 0.2) is 59.5 Å². The summed E-state index contributed by atoms with van der Waals surface area (Å²) < 4.78 is 4.58. The van der Waals surface area contributed by atoms with Gasteiger partial charge in [0.1, 0.15) is 0 Å². The van der Waals surface area contributed by atoms with Crippen LogP contribution in [0.1, 0.15) is 12.0 Å². The topological polar surface area (TPSA) is 105 Å². The van der Waals surface area contributed by atoms with E-state index in [9.17, 15) is 9.59 Å². The van der Waals surface area contributed by atoms with Gasteiger partial charge in [-0.25, -0.2) is 10.7 Å². The Morgan fingerprint density at radius 3 is 2.50 bits per heavy atom. The van der Waals surface area contributed by atoms with Crippen LogP contribution in [0.2, 0.25) is 0 Å². The van der Waals surface area contributed by atoms with Gasteiger partial charge >= 0.3 is 13.5 Å². The summed E-state index contributed by atoms with van der Waals surface area (Å²) in [5.41, 5.74) is 1.80. The zero-order chi connectivity index (χ0) is 20.2. The number of hydrogen-bond donors (Lipinski definition) is 4. The van der Waals surface area contributed by atoms with E-state index in [4.69, 9.17) is 5.90 Å². The second-order valence-corrected chi connectivity index (χ2v) is 6.89. The number of hydrogen-bond acceptors (Lipinski definition) is 5. The molecule has 0 spiro atoms. The van der Waals surface area contributed by atoms with Gasteiger partial charge in [-0.15, -0.1) is 11.8 Å². The Kier molecular flexibility index (Phi) is 9.40. The second kappa shape index (κ2) is 12.1. The van der Waals surface area contributed by atoms with Crippen molar-refractivity contribution in [1.82, 2.24) is 10.6 Å². The van der Waals surface area contributed by atoms with Crippen LogP contribution in [0.4, 0.5) is 10.5 Å². The Balaban J connectivity index is 1.74. The van der Waals surface area contributed by atoms with E-state index in [-0.39, 0.29) is 18.4 Å². The van der Waals surface area contributed by atoms with Gasteiger partial charge in [0.15, 0.2) is 0 Å². The van der Waals surface area contributed by atoms with Crippen molar-refractivity contribution < 1.29 is 14.3 Å². The zero-order valence-electron chi connectivity index (χ0n) is 15.7. The average molecular weight is 399 g/mol. The molecule has 5 N–H and O–H groups in total. The molecule has 1 atom stereocenters. The first kappa shape index (κ1) is 21.8. The van der Waals surface area contributed by atoms with Gasteiger partial charge in [0.2, 0.25) is 5.91 Å². The van der Waals surface area contributed by atoms with Crippen LogP contribution in [0.5, 0.6) is 0 Å². The fourth-order valence-corrected chi connectivity index (χ4v) is 2.91. The molecule has 0 saturated carbocycles. The van der Waals surface area contributed by atoms with Crippen molar-refractivity contribution in [1.29, 1.82) is 0 Å². The molecule has 0 aromatic heterocycles. The predicted octanol–water partition coefficient (Wildman–Crippen LogP) is 2.11. The van der Waals surface area contributed by atoms with Gasteiger partial charge in [0.25, 0.3) is 0 Å². The highest BCUT2D eigenvalue weighted by atomic mass is 32.2. The number of nitrogens with two attached hydrogens (primary N) is 1. The minimum atomic E-state index is -0.452. The van der Waals surface area contributed by atoms with E-state index in [1.807, 2.05) is 48.7 Å². The van der Waals surface area contributed by atoms with Crippen molar-refractivity contribution in [3.8, 4) is 0 Å². The van der Waals surface area contributed by atoms with Crippen LogP contribution in [0.3, 0.4) is 0 Å². The largest absolute Gasteiger partial charge is 0.370 e. The van der Waals surface area contributed by atoms with Crippen LogP contribution in [-0.4, -0.2) is 38.2 Å². The molecule has 2 rings (SSSR count). The number of rotatable bonds is 10. The summed E-state index contributed by atoms with van der Waals surface area (Å²) in [6.45, 7) is -0.158. The molecule has 147 valence electrons. The van der Waals surface area contributed by atoms with E-state index < -0.39 is 6.03 Å². The number of carbonyl (C=O) groups is 2. The van der Waals surface area contributed by atoms with Crippen LogP contribution in [-0.2, 0) is 16.0 Å². The lowest BCUT2D eigenvalue weighted by Gasteiger charge is -2.17. The molecule has 2 aromatic rings. The summed E-state index contributed by atoms with van der Waals surface area (Å²) in [5.74, 6) is 4.42. The normalized spacial score (nSPS) is 11.4. The summed E-state index contributed by atoms with van der Waals surface area (Å²) in [6.07, 6.45) is 3.36. The number of benzene rings is 2. The molecule has 1 radical (unpaired) electrons. The Labute approximate surface area is 170 Å². The zero-order valence-corrected chi connectivity index (χ0v) is 16.5. The smallest absolute Gasteiger partial charge is 0.348 e.